The minimum Gasteiger partial charge on any atom is -0.192 e. The second kappa shape index (κ2) is 5.43. The third kappa shape index (κ3) is 2.16. The van der Waals surface area contributed by atoms with Crippen LogP contribution >= 0.6 is 11.6 Å². The van der Waals surface area contributed by atoms with E-state index in [0.29, 0.717) is 10.6 Å². The molecule has 0 N–H and O–H groups in total. The molecule has 1 nitrogen and oxygen atoms in total. The van der Waals surface area contributed by atoms with Crippen LogP contribution in [0.25, 0.3) is 22.3 Å². The van der Waals surface area contributed by atoms with Crippen LogP contribution in [0.1, 0.15) is 16.7 Å². The van der Waals surface area contributed by atoms with Gasteiger partial charge in [-0.1, -0.05) is 72.3 Å². The highest BCUT2D eigenvalue weighted by molar-refractivity contribution is 6.30. The van der Waals surface area contributed by atoms with E-state index in [2.05, 4.69) is 30.3 Å². The van der Waals surface area contributed by atoms with Crippen molar-refractivity contribution in [2.75, 3.05) is 0 Å². The van der Waals surface area contributed by atoms with E-state index in [9.17, 15) is 5.26 Å². The summed E-state index contributed by atoms with van der Waals surface area (Å²) in [6.07, 6.45) is 0. The molecule has 108 valence electrons. The quantitative estimate of drug-likeness (QED) is 0.407. The molecule has 0 bridgehead atoms. The Hall–Kier alpha value is -2.82. The molecular formula is C21H12ClN. The summed E-state index contributed by atoms with van der Waals surface area (Å²) in [5.41, 5.74) is 7.15. The molecule has 0 atom stereocenters. The van der Waals surface area contributed by atoms with Gasteiger partial charge in [0.25, 0.3) is 0 Å². The average Bonchev–Trinajstić information content (AvgIpc) is 2.93. The third-order valence-electron chi connectivity index (χ3n) is 4.18. The normalized spacial score (nSPS) is 11.6. The fourth-order valence-electron chi connectivity index (χ4n) is 3.17. The van der Waals surface area contributed by atoms with E-state index in [-0.39, 0.29) is 0 Å². The van der Waals surface area contributed by atoms with Crippen molar-refractivity contribution in [3.8, 4) is 17.2 Å². The molecule has 3 aromatic rings. The van der Waals surface area contributed by atoms with E-state index >= 15 is 0 Å². The molecule has 0 radical (unpaired) electrons. The zero-order chi connectivity index (χ0) is 15.8. The van der Waals surface area contributed by atoms with Crippen LogP contribution in [-0.4, -0.2) is 0 Å². The van der Waals surface area contributed by atoms with E-state index in [1.165, 1.54) is 11.1 Å². The summed E-state index contributed by atoms with van der Waals surface area (Å²) in [6, 6.07) is 26.3. The first kappa shape index (κ1) is 13.8. The lowest BCUT2D eigenvalue weighted by molar-refractivity contribution is 1.51. The number of fused-ring (bicyclic) bond motifs is 3. The number of nitriles is 1. The van der Waals surface area contributed by atoms with E-state index in [0.717, 1.165) is 22.3 Å². The van der Waals surface area contributed by atoms with Gasteiger partial charge in [-0.15, -0.1) is 0 Å². The highest BCUT2D eigenvalue weighted by atomic mass is 35.5. The molecule has 4 rings (SSSR count). The first-order valence-corrected chi connectivity index (χ1v) is 7.77. The van der Waals surface area contributed by atoms with Crippen LogP contribution in [0.4, 0.5) is 0 Å². The Labute approximate surface area is 140 Å². The van der Waals surface area contributed by atoms with Crippen LogP contribution in [0.5, 0.6) is 0 Å². The van der Waals surface area contributed by atoms with Gasteiger partial charge in [-0.2, -0.15) is 5.26 Å². The monoisotopic (exact) mass is 313 g/mol. The molecule has 0 spiro atoms. The van der Waals surface area contributed by atoms with Gasteiger partial charge >= 0.3 is 0 Å². The number of hydrogen-bond donors (Lipinski definition) is 0. The van der Waals surface area contributed by atoms with E-state index in [1.807, 2.05) is 48.5 Å². The summed E-state index contributed by atoms with van der Waals surface area (Å²) in [5.74, 6) is 0. The molecule has 0 aliphatic heterocycles. The lowest BCUT2D eigenvalue weighted by Crippen LogP contribution is -1.89. The largest absolute Gasteiger partial charge is 0.192 e. The van der Waals surface area contributed by atoms with Crippen molar-refractivity contribution in [1.82, 2.24) is 0 Å². The molecule has 0 saturated carbocycles. The predicted molar refractivity (Wildman–Crippen MR) is 94.9 cm³/mol. The molecule has 0 fully saturated rings. The summed E-state index contributed by atoms with van der Waals surface area (Å²) in [5, 5.41) is 10.5. The van der Waals surface area contributed by atoms with Crippen molar-refractivity contribution < 1.29 is 0 Å². The van der Waals surface area contributed by atoms with Crippen LogP contribution in [0.3, 0.4) is 0 Å². The fourth-order valence-corrected chi connectivity index (χ4v) is 3.29. The van der Waals surface area contributed by atoms with Gasteiger partial charge in [-0.05, 0) is 39.9 Å². The maximum Gasteiger partial charge on any atom is 0.100 e. The smallest absolute Gasteiger partial charge is 0.100 e. The first-order valence-electron chi connectivity index (χ1n) is 7.39. The van der Waals surface area contributed by atoms with Gasteiger partial charge in [0, 0.05) is 10.6 Å². The zero-order valence-corrected chi connectivity index (χ0v) is 13.0. The lowest BCUT2D eigenvalue weighted by atomic mass is 9.94. The minimum atomic E-state index is 0.670. The summed E-state index contributed by atoms with van der Waals surface area (Å²) in [6.45, 7) is 0. The third-order valence-corrected chi connectivity index (χ3v) is 4.43. The molecule has 0 unspecified atom stereocenters. The van der Waals surface area contributed by atoms with Crippen LogP contribution in [0.2, 0.25) is 5.02 Å². The molecule has 1 aliphatic rings. The topological polar surface area (TPSA) is 23.8 Å². The van der Waals surface area contributed by atoms with Crippen molar-refractivity contribution in [3.63, 3.8) is 0 Å². The zero-order valence-electron chi connectivity index (χ0n) is 12.3. The van der Waals surface area contributed by atoms with Crippen LogP contribution in [-0.2, 0) is 0 Å². The van der Waals surface area contributed by atoms with Crippen molar-refractivity contribution in [2.45, 2.75) is 0 Å². The van der Waals surface area contributed by atoms with Gasteiger partial charge in [0.2, 0.25) is 0 Å². The summed E-state index contributed by atoms with van der Waals surface area (Å²) < 4.78 is 0. The molecular weight excluding hydrogens is 302 g/mol. The molecule has 3 aromatic carbocycles. The Morgan fingerprint density at radius 3 is 1.65 bits per heavy atom. The van der Waals surface area contributed by atoms with Crippen molar-refractivity contribution in [3.05, 3.63) is 94.5 Å². The van der Waals surface area contributed by atoms with Crippen molar-refractivity contribution in [2.24, 2.45) is 0 Å². The van der Waals surface area contributed by atoms with Crippen molar-refractivity contribution >= 4 is 22.7 Å². The maximum atomic E-state index is 9.82. The molecule has 1 aliphatic carbocycles. The van der Waals surface area contributed by atoms with Crippen LogP contribution < -0.4 is 0 Å². The lowest BCUT2D eigenvalue weighted by Gasteiger charge is -2.08. The molecule has 2 heteroatoms. The Kier molecular flexibility index (Phi) is 3.26. The number of benzene rings is 3. The molecule has 0 saturated heterocycles. The second-order valence-corrected chi connectivity index (χ2v) is 5.90. The predicted octanol–water partition coefficient (Wildman–Crippen LogP) is 5.80. The van der Waals surface area contributed by atoms with Gasteiger partial charge in [0.15, 0.2) is 0 Å². The summed E-state index contributed by atoms with van der Waals surface area (Å²) in [7, 11) is 0. The Bertz CT molecular complexity index is 928. The number of hydrogen-bond acceptors (Lipinski definition) is 1. The van der Waals surface area contributed by atoms with Crippen LogP contribution in [0, 0.1) is 11.3 Å². The highest BCUT2D eigenvalue weighted by Crippen LogP contribution is 2.46. The second-order valence-electron chi connectivity index (χ2n) is 5.46. The van der Waals surface area contributed by atoms with Gasteiger partial charge in [-0.25, -0.2) is 0 Å². The van der Waals surface area contributed by atoms with E-state index in [4.69, 9.17) is 11.6 Å². The Morgan fingerprint density at radius 2 is 1.17 bits per heavy atom. The minimum absolute atomic E-state index is 0.670. The number of halogens is 1. The standard InChI is InChI=1S/C21H12ClN/c22-15-11-9-14(10-12-15)20(13-23)21-18-7-3-1-5-16(18)17-6-2-4-8-19(17)21/h1-12H. The van der Waals surface area contributed by atoms with Gasteiger partial charge in [0.05, 0.1) is 5.57 Å². The van der Waals surface area contributed by atoms with Crippen molar-refractivity contribution in [1.29, 1.82) is 5.26 Å². The fraction of sp³-hybridized carbons (Fsp3) is 0. The van der Waals surface area contributed by atoms with Gasteiger partial charge < -0.3 is 0 Å². The van der Waals surface area contributed by atoms with Crippen LogP contribution in [0.15, 0.2) is 72.8 Å². The molecule has 23 heavy (non-hydrogen) atoms. The van der Waals surface area contributed by atoms with E-state index < -0.39 is 0 Å². The SMILES string of the molecule is N#CC(=C1c2ccccc2-c2ccccc21)c1ccc(Cl)cc1. The Balaban J connectivity index is 2.07. The van der Waals surface area contributed by atoms with Gasteiger partial charge in [0.1, 0.15) is 6.07 Å². The first-order chi connectivity index (χ1) is 11.3. The number of nitrogens with zero attached hydrogens (tertiary/aromatic N) is 1. The van der Waals surface area contributed by atoms with E-state index in [1.54, 1.807) is 0 Å². The highest BCUT2D eigenvalue weighted by Gasteiger charge is 2.25. The average molecular weight is 314 g/mol. The number of allylic oxidation sites excluding steroid dienone is 1. The summed E-state index contributed by atoms with van der Waals surface area (Å²) in [4.78, 5) is 0. The summed E-state index contributed by atoms with van der Waals surface area (Å²) >= 11 is 5.98. The maximum absolute atomic E-state index is 9.82. The molecule has 0 amide bonds. The number of rotatable bonds is 1. The van der Waals surface area contributed by atoms with Gasteiger partial charge in [-0.3, -0.25) is 0 Å². The molecule has 0 heterocycles. The molecule has 0 aromatic heterocycles. The Morgan fingerprint density at radius 1 is 0.696 bits per heavy atom.